The summed E-state index contributed by atoms with van der Waals surface area (Å²) in [6.45, 7) is 2.76. The van der Waals surface area contributed by atoms with Crippen LogP contribution in [0.25, 0.3) is 0 Å². The minimum atomic E-state index is 0.608. The molecular weight excluding hydrogens is 162 g/mol. The standard InChI is InChI=1S/C11H15NO/c1-2-3-4-7-10-13-11-8-5-6-9-12-11/h4-9H,2-3,10H2,1H3. The zero-order valence-electron chi connectivity index (χ0n) is 7.94. The van der Waals surface area contributed by atoms with Crippen molar-refractivity contribution < 1.29 is 4.74 Å². The highest BCUT2D eigenvalue weighted by molar-refractivity contribution is 5.09. The molecule has 1 aromatic rings. The predicted molar refractivity (Wildman–Crippen MR) is 53.8 cm³/mol. The largest absolute Gasteiger partial charge is 0.473 e. The fraction of sp³-hybridized carbons (Fsp3) is 0.364. The normalized spacial score (nSPS) is 10.5. The van der Waals surface area contributed by atoms with Crippen molar-refractivity contribution >= 4 is 0 Å². The van der Waals surface area contributed by atoms with Gasteiger partial charge in [0.05, 0.1) is 0 Å². The van der Waals surface area contributed by atoms with Gasteiger partial charge in [-0.15, -0.1) is 0 Å². The van der Waals surface area contributed by atoms with Crippen LogP contribution in [0.4, 0.5) is 0 Å². The third-order valence-corrected chi connectivity index (χ3v) is 1.59. The van der Waals surface area contributed by atoms with Crippen LogP contribution in [0.1, 0.15) is 19.8 Å². The lowest BCUT2D eigenvalue weighted by Crippen LogP contribution is -1.94. The monoisotopic (exact) mass is 177 g/mol. The van der Waals surface area contributed by atoms with Gasteiger partial charge in [-0.3, -0.25) is 0 Å². The molecule has 0 saturated heterocycles. The molecule has 1 rings (SSSR count). The number of unbranched alkanes of at least 4 members (excludes halogenated alkanes) is 1. The lowest BCUT2D eigenvalue weighted by molar-refractivity contribution is 0.348. The molecule has 2 nitrogen and oxygen atoms in total. The second-order valence-electron chi connectivity index (χ2n) is 2.74. The molecule has 0 aliphatic rings. The Kier molecular flexibility index (Phi) is 4.69. The molecule has 70 valence electrons. The Bertz CT molecular complexity index is 244. The van der Waals surface area contributed by atoms with Gasteiger partial charge in [-0.05, 0) is 12.5 Å². The van der Waals surface area contributed by atoms with E-state index in [4.69, 9.17) is 4.74 Å². The molecule has 0 fully saturated rings. The summed E-state index contributed by atoms with van der Waals surface area (Å²) in [7, 11) is 0. The second kappa shape index (κ2) is 6.23. The molecule has 0 bridgehead atoms. The highest BCUT2D eigenvalue weighted by Gasteiger charge is 1.87. The summed E-state index contributed by atoms with van der Waals surface area (Å²) in [5.74, 6) is 0.684. The molecule has 2 heteroatoms. The molecule has 0 spiro atoms. The van der Waals surface area contributed by atoms with E-state index in [9.17, 15) is 0 Å². The summed E-state index contributed by atoms with van der Waals surface area (Å²) < 4.78 is 5.35. The van der Waals surface area contributed by atoms with E-state index in [1.54, 1.807) is 6.20 Å². The molecule has 1 aromatic heterocycles. The summed E-state index contributed by atoms with van der Waals surface area (Å²) >= 11 is 0. The molecule has 0 saturated carbocycles. The molecule has 0 radical (unpaired) electrons. The van der Waals surface area contributed by atoms with Crippen LogP contribution in [-0.4, -0.2) is 11.6 Å². The lowest BCUT2D eigenvalue weighted by Gasteiger charge is -1.99. The van der Waals surface area contributed by atoms with Crippen LogP contribution in [0, 0.1) is 0 Å². The van der Waals surface area contributed by atoms with Crippen LogP contribution in [0.2, 0.25) is 0 Å². The molecule has 1 heterocycles. The van der Waals surface area contributed by atoms with Gasteiger partial charge in [0, 0.05) is 12.3 Å². The lowest BCUT2D eigenvalue weighted by atomic mass is 10.3. The van der Waals surface area contributed by atoms with Crippen LogP contribution >= 0.6 is 0 Å². The van der Waals surface area contributed by atoms with Crippen LogP contribution in [0.3, 0.4) is 0 Å². The Hall–Kier alpha value is -1.31. The van der Waals surface area contributed by atoms with Crippen molar-refractivity contribution in [3.05, 3.63) is 36.5 Å². The smallest absolute Gasteiger partial charge is 0.213 e. The van der Waals surface area contributed by atoms with E-state index in [2.05, 4.69) is 18.0 Å². The van der Waals surface area contributed by atoms with Crippen LogP contribution in [-0.2, 0) is 0 Å². The number of allylic oxidation sites excluding steroid dienone is 1. The van der Waals surface area contributed by atoms with E-state index < -0.39 is 0 Å². The first kappa shape index (κ1) is 9.78. The van der Waals surface area contributed by atoms with Gasteiger partial charge in [0.25, 0.3) is 0 Å². The third-order valence-electron chi connectivity index (χ3n) is 1.59. The SMILES string of the molecule is CCCC=CCOc1ccccn1. The molecule has 0 amide bonds. The van der Waals surface area contributed by atoms with E-state index in [1.165, 1.54) is 6.42 Å². The van der Waals surface area contributed by atoms with E-state index in [0.717, 1.165) is 6.42 Å². The van der Waals surface area contributed by atoms with E-state index in [0.29, 0.717) is 12.5 Å². The summed E-state index contributed by atoms with van der Waals surface area (Å²) in [6.07, 6.45) is 8.18. The maximum Gasteiger partial charge on any atom is 0.213 e. The predicted octanol–water partition coefficient (Wildman–Crippen LogP) is 2.82. The van der Waals surface area contributed by atoms with Crippen molar-refractivity contribution in [1.29, 1.82) is 0 Å². The molecular formula is C11H15NO. The summed E-state index contributed by atoms with van der Waals surface area (Å²) in [5.41, 5.74) is 0. The quantitative estimate of drug-likeness (QED) is 0.645. The number of aromatic nitrogens is 1. The number of rotatable bonds is 5. The topological polar surface area (TPSA) is 22.1 Å². The first-order valence-corrected chi connectivity index (χ1v) is 4.62. The van der Waals surface area contributed by atoms with Gasteiger partial charge in [0.2, 0.25) is 5.88 Å². The number of nitrogens with zero attached hydrogens (tertiary/aromatic N) is 1. The van der Waals surface area contributed by atoms with Crippen molar-refractivity contribution in [2.24, 2.45) is 0 Å². The van der Waals surface area contributed by atoms with Crippen LogP contribution < -0.4 is 4.74 Å². The summed E-state index contributed by atoms with van der Waals surface area (Å²) in [4.78, 5) is 4.04. The Morgan fingerprint density at radius 2 is 2.31 bits per heavy atom. The van der Waals surface area contributed by atoms with E-state index in [1.807, 2.05) is 24.3 Å². The van der Waals surface area contributed by atoms with Gasteiger partial charge in [0.15, 0.2) is 0 Å². The number of hydrogen-bond acceptors (Lipinski definition) is 2. The van der Waals surface area contributed by atoms with Gasteiger partial charge >= 0.3 is 0 Å². The number of ether oxygens (including phenoxy) is 1. The number of pyridine rings is 1. The maximum atomic E-state index is 5.35. The second-order valence-corrected chi connectivity index (χ2v) is 2.74. The molecule has 0 unspecified atom stereocenters. The third kappa shape index (κ3) is 4.31. The Morgan fingerprint density at radius 3 is 3.00 bits per heavy atom. The average Bonchev–Trinajstić information content (AvgIpc) is 2.19. The summed E-state index contributed by atoms with van der Waals surface area (Å²) in [6, 6.07) is 5.64. The van der Waals surface area contributed by atoms with Crippen molar-refractivity contribution in [2.75, 3.05) is 6.61 Å². The van der Waals surface area contributed by atoms with Crippen molar-refractivity contribution in [2.45, 2.75) is 19.8 Å². The highest BCUT2D eigenvalue weighted by Crippen LogP contribution is 2.02. The number of hydrogen-bond donors (Lipinski definition) is 0. The first-order valence-electron chi connectivity index (χ1n) is 4.62. The zero-order valence-corrected chi connectivity index (χ0v) is 7.94. The summed E-state index contributed by atoms with van der Waals surface area (Å²) in [5, 5.41) is 0. The molecule has 13 heavy (non-hydrogen) atoms. The van der Waals surface area contributed by atoms with E-state index in [-0.39, 0.29) is 0 Å². The molecule has 0 aliphatic carbocycles. The fourth-order valence-electron chi connectivity index (χ4n) is 0.919. The average molecular weight is 177 g/mol. The van der Waals surface area contributed by atoms with Crippen LogP contribution in [0.5, 0.6) is 5.88 Å². The fourth-order valence-corrected chi connectivity index (χ4v) is 0.919. The first-order chi connectivity index (χ1) is 6.43. The molecule has 0 aromatic carbocycles. The molecule has 0 aliphatic heterocycles. The zero-order chi connectivity index (χ0) is 9.36. The Labute approximate surface area is 79.3 Å². The van der Waals surface area contributed by atoms with Crippen molar-refractivity contribution in [1.82, 2.24) is 4.98 Å². The minimum absolute atomic E-state index is 0.608. The van der Waals surface area contributed by atoms with E-state index >= 15 is 0 Å². The van der Waals surface area contributed by atoms with Gasteiger partial charge in [-0.2, -0.15) is 0 Å². The van der Waals surface area contributed by atoms with Gasteiger partial charge in [-0.1, -0.05) is 31.6 Å². The Morgan fingerprint density at radius 1 is 1.38 bits per heavy atom. The van der Waals surface area contributed by atoms with Gasteiger partial charge in [0.1, 0.15) is 6.61 Å². The van der Waals surface area contributed by atoms with Gasteiger partial charge in [-0.25, -0.2) is 4.98 Å². The van der Waals surface area contributed by atoms with Crippen LogP contribution in [0.15, 0.2) is 36.5 Å². The molecule has 0 N–H and O–H groups in total. The van der Waals surface area contributed by atoms with Crippen molar-refractivity contribution in [3.8, 4) is 5.88 Å². The highest BCUT2D eigenvalue weighted by atomic mass is 16.5. The maximum absolute atomic E-state index is 5.35. The minimum Gasteiger partial charge on any atom is -0.473 e. The molecule has 0 atom stereocenters. The van der Waals surface area contributed by atoms with Gasteiger partial charge < -0.3 is 4.74 Å². The van der Waals surface area contributed by atoms with Crippen molar-refractivity contribution in [3.63, 3.8) is 0 Å². The Balaban J connectivity index is 2.20.